The third-order valence-corrected chi connectivity index (χ3v) is 4.82. The Balaban J connectivity index is 1.70. The first-order valence-corrected chi connectivity index (χ1v) is 7.61. The lowest BCUT2D eigenvalue weighted by Gasteiger charge is -2.31. The van der Waals surface area contributed by atoms with Gasteiger partial charge in [-0.1, -0.05) is 24.3 Å². The maximum absolute atomic E-state index is 12.5. The van der Waals surface area contributed by atoms with E-state index in [2.05, 4.69) is 0 Å². The van der Waals surface area contributed by atoms with Crippen molar-refractivity contribution >= 4 is 5.91 Å². The van der Waals surface area contributed by atoms with Gasteiger partial charge in [-0.3, -0.25) is 9.69 Å². The van der Waals surface area contributed by atoms with Crippen LogP contribution in [-0.4, -0.2) is 59.2 Å². The summed E-state index contributed by atoms with van der Waals surface area (Å²) in [5.41, 5.74) is 1.86. The molecule has 1 fully saturated rings. The number of fused-ring (bicyclic) bond motifs is 1. The zero-order chi connectivity index (χ0) is 16.8. The molecule has 1 aromatic carbocycles. The summed E-state index contributed by atoms with van der Waals surface area (Å²) in [6, 6.07) is 6.62. The molecule has 4 nitrogen and oxygen atoms in total. The molecule has 23 heavy (non-hydrogen) atoms. The smallest absolute Gasteiger partial charge is 0.387 e. The predicted octanol–water partition coefficient (Wildman–Crippen LogP) is 1.74. The summed E-state index contributed by atoms with van der Waals surface area (Å²) in [5, 5.41) is 10.5. The Morgan fingerprint density at radius 1 is 1.35 bits per heavy atom. The van der Waals surface area contributed by atoms with E-state index in [0.29, 0.717) is 12.8 Å². The first kappa shape index (κ1) is 16.3. The molecule has 1 saturated heterocycles. The van der Waals surface area contributed by atoms with Gasteiger partial charge in [0.25, 0.3) is 0 Å². The van der Waals surface area contributed by atoms with E-state index in [1.165, 1.54) is 0 Å². The first-order valence-electron chi connectivity index (χ1n) is 7.61. The van der Waals surface area contributed by atoms with Gasteiger partial charge in [-0.05, 0) is 31.0 Å². The molecule has 1 aliphatic carbocycles. The second kappa shape index (κ2) is 5.79. The third kappa shape index (κ3) is 3.07. The minimum atomic E-state index is -4.38. The quantitative estimate of drug-likeness (QED) is 0.919. The first-order chi connectivity index (χ1) is 10.8. The summed E-state index contributed by atoms with van der Waals surface area (Å²) in [5.74, 6) is -0.506. The third-order valence-electron chi connectivity index (χ3n) is 4.82. The number of benzene rings is 1. The molecule has 1 aliphatic heterocycles. The van der Waals surface area contributed by atoms with Crippen LogP contribution in [0.4, 0.5) is 13.2 Å². The minimum absolute atomic E-state index is 0.100. The van der Waals surface area contributed by atoms with Crippen LogP contribution in [0.1, 0.15) is 23.7 Å². The van der Waals surface area contributed by atoms with E-state index in [-0.39, 0.29) is 12.6 Å². The van der Waals surface area contributed by atoms with Crippen LogP contribution in [-0.2, 0) is 11.2 Å². The molecule has 3 rings (SSSR count). The van der Waals surface area contributed by atoms with Crippen LogP contribution in [0.15, 0.2) is 24.3 Å². The number of alkyl halides is 3. The number of amides is 1. The monoisotopic (exact) mass is 328 g/mol. The van der Waals surface area contributed by atoms with Gasteiger partial charge in [-0.25, -0.2) is 0 Å². The second-order valence-electron chi connectivity index (χ2n) is 6.26. The van der Waals surface area contributed by atoms with Crippen molar-refractivity contribution in [2.75, 3.05) is 20.1 Å². The van der Waals surface area contributed by atoms with Crippen LogP contribution < -0.4 is 0 Å². The van der Waals surface area contributed by atoms with E-state index in [9.17, 15) is 23.1 Å². The average Bonchev–Trinajstić information content (AvgIpc) is 2.99. The van der Waals surface area contributed by atoms with Crippen LogP contribution in [0, 0.1) is 0 Å². The highest BCUT2D eigenvalue weighted by Crippen LogP contribution is 2.36. The Labute approximate surface area is 132 Å². The van der Waals surface area contributed by atoms with Crippen molar-refractivity contribution in [3.05, 3.63) is 35.4 Å². The number of likely N-dealkylation sites (tertiary alicyclic amines) is 1. The van der Waals surface area contributed by atoms with E-state index in [1.807, 2.05) is 24.3 Å². The molecule has 7 heteroatoms. The standard InChI is InChI=1S/C16H19F3N2O2/c1-20(12-6-7-21(15(12)23)9-16(17,18)19)13-8-10-4-2-3-5-11(10)14(13)22/h2-5,12-14,22H,6-9H2,1H3/t12-,13+,14+/m1/s1. The number of hydrogen-bond acceptors (Lipinski definition) is 3. The Kier molecular flexibility index (Phi) is 4.10. The molecule has 0 radical (unpaired) electrons. The number of likely N-dealkylation sites (N-methyl/N-ethyl adjacent to an activating group) is 1. The fourth-order valence-electron chi connectivity index (χ4n) is 3.62. The van der Waals surface area contributed by atoms with E-state index in [0.717, 1.165) is 16.0 Å². The van der Waals surface area contributed by atoms with E-state index < -0.39 is 30.8 Å². The highest BCUT2D eigenvalue weighted by Gasteiger charge is 2.44. The zero-order valence-electron chi connectivity index (χ0n) is 12.8. The van der Waals surface area contributed by atoms with Crippen molar-refractivity contribution in [3.63, 3.8) is 0 Å². The van der Waals surface area contributed by atoms with Gasteiger partial charge in [-0.2, -0.15) is 13.2 Å². The fourth-order valence-corrected chi connectivity index (χ4v) is 3.62. The van der Waals surface area contributed by atoms with Gasteiger partial charge in [0.05, 0.1) is 12.1 Å². The molecule has 3 atom stereocenters. The van der Waals surface area contributed by atoms with Gasteiger partial charge in [0.15, 0.2) is 0 Å². The maximum atomic E-state index is 12.5. The zero-order valence-corrected chi connectivity index (χ0v) is 12.8. The Bertz CT molecular complexity index is 605. The molecule has 126 valence electrons. The highest BCUT2D eigenvalue weighted by molar-refractivity contribution is 5.84. The lowest BCUT2D eigenvalue weighted by atomic mass is 10.1. The summed E-state index contributed by atoms with van der Waals surface area (Å²) in [6.07, 6.45) is -4.16. The Hall–Kier alpha value is -1.60. The van der Waals surface area contributed by atoms with Crippen LogP contribution in [0.3, 0.4) is 0 Å². The number of carbonyl (C=O) groups is 1. The van der Waals surface area contributed by atoms with E-state index in [1.54, 1.807) is 11.9 Å². The molecule has 2 aliphatic rings. The highest BCUT2D eigenvalue weighted by atomic mass is 19.4. The number of aliphatic hydroxyl groups is 1. The molecular formula is C16H19F3N2O2. The molecule has 0 spiro atoms. The van der Waals surface area contributed by atoms with Gasteiger partial charge < -0.3 is 10.0 Å². The minimum Gasteiger partial charge on any atom is -0.387 e. The van der Waals surface area contributed by atoms with Gasteiger partial charge >= 0.3 is 6.18 Å². The largest absolute Gasteiger partial charge is 0.406 e. The molecule has 1 N–H and O–H groups in total. The molecule has 0 saturated carbocycles. The van der Waals surface area contributed by atoms with E-state index in [4.69, 9.17) is 0 Å². The van der Waals surface area contributed by atoms with Crippen molar-refractivity contribution < 1.29 is 23.1 Å². The summed E-state index contributed by atoms with van der Waals surface area (Å²) < 4.78 is 37.5. The van der Waals surface area contributed by atoms with Crippen molar-refractivity contribution in [3.8, 4) is 0 Å². The Morgan fingerprint density at radius 3 is 2.70 bits per heavy atom. The second-order valence-corrected chi connectivity index (χ2v) is 6.26. The molecule has 1 heterocycles. The number of hydrogen-bond donors (Lipinski definition) is 1. The number of aliphatic hydroxyl groups excluding tert-OH is 1. The van der Waals surface area contributed by atoms with Crippen LogP contribution in [0.25, 0.3) is 0 Å². The summed E-state index contributed by atoms with van der Waals surface area (Å²) in [7, 11) is 1.71. The SMILES string of the molecule is CN([C@@H]1CCN(CC(F)(F)F)C1=O)[C@H]1Cc2ccccc2[C@@H]1O. The van der Waals surface area contributed by atoms with Crippen molar-refractivity contribution in [2.24, 2.45) is 0 Å². The normalized spacial score (nSPS) is 27.8. The fraction of sp³-hybridized carbons (Fsp3) is 0.562. The van der Waals surface area contributed by atoms with Crippen LogP contribution >= 0.6 is 0 Å². The van der Waals surface area contributed by atoms with Gasteiger partial charge in [0.2, 0.25) is 5.91 Å². The molecule has 1 amide bonds. The Morgan fingerprint density at radius 2 is 2.04 bits per heavy atom. The van der Waals surface area contributed by atoms with Gasteiger partial charge in [-0.15, -0.1) is 0 Å². The van der Waals surface area contributed by atoms with Gasteiger partial charge in [0.1, 0.15) is 6.54 Å². The number of rotatable bonds is 3. The van der Waals surface area contributed by atoms with Crippen molar-refractivity contribution in [1.29, 1.82) is 0 Å². The molecule has 1 aromatic rings. The predicted molar refractivity (Wildman–Crippen MR) is 77.7 cm³/mol. The molecule has 0 bridgehead atoms. The van der Waals surface area contributed by atoms with Gasteiger partial charge in [0, 0.05) is 12.6 Å². The maximum Gasteiger partial charge on any atom is 0.406 e. The average molecular weight is 328 g/mol. The molecule has 0 unspecified atom stereocenters. The van der Waals surface area contributed by atoms with Crippen molar-refractivity contribution in [1.82, 2.24) is 9.80 Å². The topological polar surface area (TPSA) is 43.8 Å². The summed E-state index contributed by atoms with van der Waals surface area (Å²) in [6.45, 7) is -1.10. The number of carbonyl (C=O) groups excluding carboxylic acids is 1. The summed E-state index contributed by atoms with van der Waals surface area (Å²) in [4.78, 5) is 14.9. The van der Waals surface area contributed by atoms with E-state index >= 15 is 0 Å². The number of halogens is 3. The summed E-state index contributed by atoms with van der Waals surface area (Å²) >= 11 is 0. The van der Waals surface area contributed by atoms with Crippen LogP contribution in [0.2, 0.25) is 0 Å². The number of nitrogens with zero attached hydrogens (tertiary/aromatic N) is 2. The lowest BCUT2D eigenvalue weighted by molar-refractivity contribution is -0.159. The molecular weight excluding hydrogens is 309 g/mol. The lowest BCUT2D eigenvalue weighted by Crippen LogP contribution is -2.47. The van der Waals surface area contributed by atoms with Crippen LogP contribution in [0.5, 0.6) is 0 Å². The van der Waals surface area contributed by atoms with Crippen molar-refractivity contribution in [2.45, 2.75) is 37.2 Å². The molecule has 0 aromatic heterocycles.